The monoisotopic (exact) mass is 293 g/mol. The number of carbonyl (C=O) groups excluding carboxylic acids is 1. The highest BCUT2D eigenvalue weighted by Gasteiger charge is 2.22. The Morgan fingerprint density at radius 1 is 1.40 bits per heavy atom. The third-order valence-corrected chi connectivity index (χ3v) is 4.85. The molecule has 1 aliphatic carbocycles. The maximum atomic E-state index is 11.4. The quantitative estimate of drug-likeness (QED) is 0.788. The zero-order valence-corrected chi connectivity index (χ0v) is 12.1. The van der Waals surface area contributed by atoms with Gasteiger partial charge in [-0.25, -0.2) is 4.98 Å². The van der Waals surface area contributed by atoms with Crippen molar-refractivity contribution in [1.82, 2.24) is 10.3 Å². The van der Waals surface area contributed by atoms with Gasteiger partial charge in [0, 0.05) is 12.6 Å². The number of rotatable bonds is 3. The van der Waals surface area contributed by atoms with Gasteiger partial charge in [-0.3, -0.25) is 4.79 Å². The number of fused-ring (bicyclic) bond motifs is 1. The molecule has 1 saturated carbocycles. The van der Waals surface area contributed by atoms with Gasteiger partial charge < -0.3 is 15.7 Å². The number of hydrogen-bond acceptors (Lipinski definition) is 5. The third kappa shape index (κ3) is 3.13. The third-order valence-electron chi connectivity index (χ3n) is 3.81. The summed E-state index contributed by atoms with van der Waals surface area (Å²) < 4.78 is 0. The first-order valence-electron chi connectivity index (χ1n) is 7.06. The van der Waals surface area contributed by atoms with Crippen molar-refractivity contribution in [1.29, 1.82) is 0 Å². The maximum Gasteiger partial charge on any atom is 0.235 e. The summed E-state index contributed by atoms with van der Waals surface area (Å²) in [7, 11) is 0. The average molecular weight is 293 g/mol. The number of carbonyl (C=O) groups is 1. The maximum absolute atomic E-state index is 11.4. The number of hydrogen-bond donors (Lipinski definition) is 3. The predicted molar refractivity (Wildman–Crippen MR) is 78.7 cm³/mol. The number of thioether (sulfide) groups is 1. The highest BCUT2D eigenvalue weighted by molar-refractivity contribution is 8.00. The first-order valence-corrected chi connectivity index (χ1v) is 8.05. The second kappa shape index (κ2) is 6.11. The standard InChI is InChI=1S/C14H19N3O2S/c18-11-4-2-1-3-10(11)15-7-9-5-6-12-14(16-9)17-13(19)8-20-12/h5-6,10-11,15,18H,1-4,7-8H2,(H,16,17,19)/t10-,11-/m1/s1. The molecule has 6 heteroatoms. The number of aliphatic hydroxyl groups is 1. The van der Waals surface area contributed by atoms with E-state index >= 15 is 0 Å². The Balaban J connectivity index is 1.63. The molecule has 0 unspecified atom stereocenters. The van der Waals surface area contributed by atoms with Gasteiger partial charge in [-0.1, -0.05) is 12.8 Å². The lowest BCUT2D eigenvalue weighted by molar-refractivity contribution is -0.113. The number of nitrogens with zero attached hydrogens (tertiary/aromatic N) is 1. The van der Waals surface area contributed by atoms with E-state index in [1.165, 1.54) is 18.2 Å². The number of amides is 1. The fraction of sp³-hybridized carbons (Fsp3) is 0.571. The Morgan fingerprint density at radius 3 is 3.10 bits per heavy atom. The van der Waals surface area contributed by atoms with Gasteiger partial charge in [0.25, 0.3) is 0 Å². The summed E-state index contributed by atoms with van der Waals surface area (Å²) in [5, 5.41) is 16.1. The van der Waals surface area contributed by atoms with E-state index < -0.39 is 0 Å². The SMILES string of the molecule is O=C1CSc2ccc(CN[C@@H]3CCCC[C@H]3O)nc2N1. The van der Waals surface area contributed by atoms with Gasteiger partial charge in [-0.2, -0.15) is 0 Å². The number of aromatic nitrogens is 1. The molecule has 0 spiro atoms. The minimum atomic E-state index is -0.253. The second-order valence-electron chi connectivity index (χ2n) is 5.33. The van der Waals surface area contributed by atoms with Crippen molar-refractivity contribution in [2.24, 2.45) is 0 Å². The van der Waals surface area contributed by atoms with Crippen LogP contribution in [0, 0.1) is 0 Å². The Hall–Kier alpha value is -1.11. The van der Waals surface area contributed by atoms with Crippen LogP contribution in [0.2, 0.25) is 0 Å². The summed E-state index contributed by atoms with van der Waals surface area (Å²) in [5.41, 5.74) is 0.893. The fourth-order valence-electron chi connectivity index (χ4n) is 2.69. The number of aliphatic hydroxyl groups excluding tert-OH is 1. The van der Waals surface area contributed by atoms with E-state index in [2.05, 4.69) is 15.6 Å². The van der Waals surface area contributed by atoms with E-state index in [4.69, 9.17) is 0 Å². The van der Waals surface area contributed by atoms with Crippen molar-refractivity contribution < 1.29 is 9.90 Å². The summed E-state index contributed by atoms with van der Waals surface area (Å²) in [5.74, 6) is 1.12. The van der Waals surface area contributed by atoms with E-state index in [1.807, 2.05) is 12.1 Å². The van der Waals surface area contributed by atoms with Crippen LogP contribution in [-0.4, -0.2) is 33.9 Å². The molecule has 3 rings (SSSR count). The topological polar surface area (TPSA) is 74.2 Å². The van der Waals surface area contributed by atoms with E-state index in [0.29, 0.717) is 18.1 Å². The van der Waals surface area contributed by atoms with Crippen LogP contribution in [0.25, 0.3) is 0 Å². The molecule has 108 valence electrons. The van der Waals surface area contributed by atoms with Gasteiger partial charge in [0.1, 0.15) is 5.82 Å². The molecule has 3 N–H and O–H groups in total. The summed E-state index contributed by atoms with van der Waals surface area (Å²) in [6, 6.07) is 4.14. The first-order chi connectivity index (χ1) is 9.72. The molecule has 1 aliphatic heterocycles. The van der Waals surface area contributed by atoms with E-state index in [1.54, 1.807) is 0 Å². The second-order valence-corrected chi connectivity index (χ2v) is 6.34. The van der Waals surface area contributed by atoms with Gasteiger partial charge in [-0.15, -0.1) is 11.8 Å². The van der Waals surface area contributed by atoms with Gasteiger partial charge in [0.05, 0.1) is 22.4 Å². The molecule has 2 heterocycles. The van der Waals surface area contributed by atoms with E-state index in [-0.39, 0.29) is 18.1 Å². The van der Waals surface area contributed by atoms with Crippen LogP contribution in [0.15, 0.2) is 17.0 Å². The highest BCUT2D eigenvalue weighted by atomic mass is 32.2. The lowest BCUT2D eigenvalue weighted by atomic mass is 9.92. The van der Waals surface area contributed by atoms with Gasteiger partial charge in [0.2, 0.25) is 5.91 Å². The van der Waals surface area contributed by atoms with Crippen molar-refractivity contribution >= 4 is 23.5 Å². The molecule has 1 aromatic rings. The van der Waals surface area contributed by atoms with Crippen LogP contribution in [0.5, 0.6) is 0 Å². The molecule has 20 heavy (non-hydrogen) atoms. The van der Waals surface area contributed by atoms with Crippen molar-refractivity contribution in [2.45, 2.75) is 49.3 Å². The van der Waals surface area contributed by atoms with Crippen molar-refractivity contribution in [3.63, 3.8) is 0 Å². The fourth-order valence-corrected chi connectivity index (χ4v) is 3.44. The van der Waals surface area contributed by atoms with Gasteiger partial charge in [-0.05, 0) is 25.0 Å². The zero-order valence-electron chi connectivity index (χ0n) is 11.3. The van der Waals surface area contributed by atoms with Crippen LogP contribution in [0.1, 0.15) is 31.4 Å². The summed E-state index contributed by atoms with van der Waals surface area (Å²) in [6.07, 6.45) is 3.91. The minimum Gasteiger partial charge on any atom is -0.392 e. The molecule has 0 radical (unpaired) electrons. The molecule has 0 saturated heterocycles. The largest absolute Gasteiger partial charge is 0.392 e. The summed E-state index contributed by atoms with van der Waals surface area (Å²) in [4.78, 5) is 16.9. The number of anilines is 1. The molecule has 1 fully saturated rings. The lowest BCUT2D eigenvalue weighted by Crippen LogP contribution is -2.41. The molecule has 0 aromatic carbocycles. The molecule has 1 aromatic heterocycles. The zero-order chi connectivity index (χ0) is 13.9. The van der Waals surface area contributed by atoms with E-state index in [0.717, 1.165) is 29.9 Å². The van der Waals surface area contributed by atoms with Crippen LogP contribution < -0.4 is 10.6 Å². The minimum absolute atomic E-state index is 0.00260. The Kier molecular flexibility index (Phi) is 4.24. The summed E-state index contributed by atoms with van der Waals surface area (Å²) >= 11 is 1.52. The molecular weight excluding hydrogens is 274 g/mol. The number of pyridine rings is 1. The van der Waals surface area contributed by atoms with Crippen molar-refractivity contribution in [3.05, 3.63) is 17.8 Å². The first kappa shape index (κ1) is 13.9. The van der Waals surface area contributed by atoms with Gasteiger partial charge in [0.15, 0.2) is 0 Å². The summed E-state index contributed by atoms with van der Waals surface area (Å²) in [6.45, 7) is 0.621. The highest BCUT2D eigenvalue weighted by Crippen LogP contribution is 2.29. The van der Waals surface area contributed by atoms with Crippen molar-refractivity contribution in [2.75, 3.05) is 11.1 Å². The van der Waals surface area contributed by atoms with Crippen LogP contribution in [0.4, 0.5) is 5.82 Å². The molecule has 1 amide bonds. The molecule has 2 atom stereocenters. The van der Waals surface area contributed by atoms with Crippen LogP contribution in [0.3, 0.4) is 0 Å². The van der Waals surface area contributed by atoms with Crippen LogP contribution in [-0.2, 0) is 11.3 Å². The Morgan fingerprint density at radius 2 is 2.25 bits per heavy atom. The van der Waals surface area contributed by atoms with Crippen molar-refractivity contribution in [3.8, 4) is 0 Å². The molecule has 2 aliphatic rings. The smallest absolute Gasteiger partial charge is 0.235 e. The van der Waals surface area contributed by atoms with Gasteiger partial charge >= 0.3 is 0 Å². The van der Waals surface area contributed by atoms with E-state index in [9.17, 15) is 9.90 Å². The normalized spacial score (nSPS) is 25.9. The molecule has 5 nitrogen and oxygen atoms in total. The Bertz CT molecular complexity index is 509. The number of nitrogens with one attached hydrogen (secondary N) is 2. The Labute approximate surface area is 122 Å². The molecule has 0 bridgehead atoms. The average Bonchev–Trinajstić information content (AvgIpc) is 2.46. The molecular formula is C14H19N3O2S. The lowest BCUT2D eigenvalue weighted by Gasteiger charge is -2.28. The predicted octanol–water partition coefficient (Wildman–Crippen LogP) is 1.52. The van der Waals surface area contributed by atoms with Crippen LogP contribution >= 0.6 is 11.8 Å².